The van der Waals surface area contributed by atoms with Crippen molar-refractivity contribution >= 4 is 41.8 Å². The minimum atomic E-state index is -0.00596. The van der Waals surface area contributed by atoms with Gasteiger partial charge >= 0.3 is 0 Å². The predicted octanol–water partition coefficient (Wildman–Crippen LogP) is 2.40. The van der Waals surface area contributed by atoms with E-state index in [1.54, 1.807) is 0 Å². The first-order valence-electron chi connectivity index (χ1n) is 11.3. The summed E-state index contributed by atoms with van der Waals surface area (Å²) in [6.07, 6.45) is 11.3. The quantitative estimate of drug-likeness (QED) is 0.286. The summed E-state index contributed by atoms with van der Waals surface area (Å²) in [5.41, 5.74) is 0. The van der Waals surface area contributed by atoms with Gasteiger partial charge in [-0.1, -0.05) is 32.1 Å². The lowest BCUT2D eigenvalue weighted by Crippen LogP contribution is -2.46. The molecule has 1 saturated heterocycles. The van der Waals surface area contributed by atoms with Gasteiger partial charge in [-0.2, -0.15) is 0 Å². The number of hydrogen-bond acceptors (Lipinski definition) is 3. The molecule has 1 heterocycles. The van der Waals surface area contributed by atoms with E-state index < -0.39 is 0 Å². The second-order valence-electron chi connectivity index (χ2n) is 8.49. The zero-order valence-corrected chi connectivity index (χ0v) is 20.1. The average Bonchev–Trinajstić information content (AvgIpc) is 3.39. The van der Waals surface area contributed by atoms with Gasteiger partial charge in [-0.25, -0.2) is 4.99 Å². The molecule has 3 aliphatic rings. The van der Waals surface area contributed by atoms with E-state index in [2.05, 4.69) is 20.9 Å². The van der Waals surface area contributed by atoms with Crippen LogP contribution >= 0.6 is 24.0 Å². The molecule has 1 aliphatic heterocycles. The van der Waals surface area contributed by atoms with E-state index in [1.165, 1.54) is 32.1 Å². The number of carbonyl (C=O) groups is 2. The fraction of sp³-hybridized carbons (Fsp3) is 0.857. The van der Waals surface area contributed by atoms with Crippen LogP contribution in [0.25, 0.3) is 0 Å². The molecule has 1 unspecified atom stereocenters. The van der Waals surface area contributed by atoms with Crippen molar-refractivity contribution in [2.24, 2.45) is 10.9 Å². The van der Waals surface area contributed by atoms with Gasteiger partial charge in [0.25, 0.3) is 0 Å². The number of amides is 2. The molecule has 1 atom stereocenters. The minimum Gasteiger partial charge on any atom is -0.357 e. The third-order valence-corrected chi connectivity index (χ3v) is 6.24. The van der Waals surface area contributed by atoms with Crippen molar-refractivity contribution in [1.82, 2.24) is 20.9 Å². The summed E-state index contributed by atoms with van der Waals surface area (Å²) in [4.78, 5) is 31.3. The number of carbonyl (C=O) groups excluding carboxylic acids is 2. The van der Waals surface area contributed by atoms with E-state index in [1.807, 2.05) is 11.8 Å². The molecular formula is C21H38IN5O2. The van der Waals surface area contributed by atoms with Gasteiger partial charge in [0.05, 0.1) is 0 Å². The van der Waals surface area contributed by atoms with Crippen LogP contribution in [0.2, 0.25) is 0 Å². The SMILES string of the molecule is CCNC(=NCC(=O)NC1CCCCC1)NC1CCN(C(=O)C2CCCC2)C1.I. The zero-order valence-electron chi connectivity index (χ0n) is 17.8. The van der Waals surface area contributed by atoms with Gasteiger partial charge in [-0.3, -0.25) is 9.59 Å². The van der Waals surface area contributed by atoms with Crippen LogP contribution in [0.15, 0.2) is 4.99 Å². The summed E-state index contributed by atoms with van der Waals surface area (Å²) >= 11 is 0. The Hall–Kier alpha value is -1.06. The Bertz CT molecular complexity index is 559. The van der Waals surface area contributed by atoms with E-state index in [4.69, 9.17) is 0 Å². The molecule has 0 aromatic carbocycles. The molecular weight excluding hydrogens is 481 g/mol. The van der Waals surface area contributed by atoms with E-state index in [0.29, 0.717) is 17.9 Å². The number of nitrogens with zero attached hydrogens (tertiary/aromatic N) is 2. The summed E-state index contributed by atoms with van der Waals surface area (Å²) in [6.45, 7) is 4.45. The standard InChI is InChI=1S/C21H37N5O2.HI/c1-2-22-21(23-14-19(27)24-17-10-4-3-5-11-17)25-18-12-13-26(15-18)20(28)16-8-6-7-9-16;/h16-18H,2-15H2,1H3,(H,24,27)(H2,22,23,25);1H. The van der Waals surface area contributed by atoms with Crippen LogP contribution in [0.4, 0.5) is 0 Å². The fourth-order valence-corrected chi connectivity index (χ4v) is 4.69. The maximum atomic E-state index is 12.6. The number of aliphatic imine (C=N–C) groups is 1. The molecule has 0 aromatic heterocycles. The largest absolute Gasteiger partial charge is 0.357 e. The third kappa shape index (κ3) is 7.61. The molecule has 0 aromatic rings. The van der Waals surface area contributed by atoms with Gasteiger partial charge in [0, 0.05) is 37.6 Å². The molecule has 0 spiro atoms. The van der Waals surface area contributed by atoms with E-state index in [-0.39, 0.29) is 48.4 Å². The van der Waals surface area contributed by atoms with Crippen LogP contribution in [-0.4, -0.2) is 60.9 Å². The molecule has 2 saturated carbocycles. The van der Waals surface area contributed by atoms with Gasteiger partial charge in [0.2, 0.25) is 11.8 Å². The van der Waals surface area contributed by atoms with Crippen LogP contribution in [-0.2, 0) is 9.59 Å². The lowest BCUT2D eigenvalue weighted by molar-refractivity contribution is -0.134. The van der Waals surface area contributed by atoms with Crippen LogP contribution in [0, 0.1) is 5.92 Å². The summed E-state index contributed by atoms with van der Waals surface area (Å²) < 4.78 is 0. The van der Waals surface area contributed by atoms with Gasteiger partial charge in [-0.15, -0.1) is 24.0 Å². The molecule has 7 nitrogen and oxygen atoms in total. The van der Waals surface area contributed by atoms with Crippen molar-refractivity contribution < 1.29 is 9.59 Å². The Morgan fingerprint density at radius 2 is 1.62 bits per heavy atom. The Morgan fingerprint density at radius 3 is 2.31 bits per heavy atom. The lowest BCUT2D eigenvalue weighted by Gasteiger charge is -2.23. The predicted molar refractivity (Wildman–Crippen MR) is 126 cm³/mol. The van der Waals surface area contributed by atoms with Gasteiger partial charge in [-0.05, 0) is 39.0 Å². The van der Waals surface area contributed by atoms with E-state index in [9.17, 15) is 9.59 Å². The monoisotopic (exact) mass is 519 g/mol. The van der Waals surface area contributed by atoms with E-state index >= 15 is 0 Å². The number of hydrogen-bond donors (Lipinski definition) is 3. The first-order chi connectivity index (χ1) is 13.7. The van der Waals surface area contributed by atoms with Crippen molar-refractivity contribution in [2.75, 3.05) is 26.2 Å². The second-order valence-corrected chi connectivity index (χ2v) is 8.49. The molecule has 0 radical (unpaired) electrons. The average molecular weight is 519 g/mol. The summed E-state index contributed by atoms with van der Waals surface area (Å²) in [5.74, 6) is 1.23. The summed E-state index contributed by atoms with van der Waals surface area (Å²) in [6, 6.07) is 0.515. The minimum absolute atomic E-state index is 0. The first-order valence-corrected chi connectivity index (χ1v) is 11.3. The molecule has 2 amide bonds. The molecule has 166 valence electrons. The van der Waals surface area contributed by atoms with Gasteiger partial charge < -0.3 is 20.9 Å². The Morgan fingerprint density at radius 1 is 0.931 bits per heavy atom. The highest BCUT2D eigenvalue weighted by atomic mass is 127. The summed E-state index contributed by atoms with van der Waals surface area (Å²) in [5, 5.41) is 9.75. The number of halogens is 1. The normalized spacial score (nSPS) is 23.6. The Kier molecular flexibility index (Phi) is 10.5. The Labute approximate surface area is 192 Å². The third-order valence-electron chi connectivity index (χ3n) is 6.24. The first kappa shape index (κ1) is 24.2. The zero-order chi connectivity index (χ0) is 19.8. The highest BCUT2D eigenvalue weighted by Crippen LogP contribution is 2.27. The molecule has 3 N–H and O–H groups in total. The maximum Gasteiger partial charge on any atom is 0.242 e. The van der Waals surface area contributed by atoms with Crippen LogP contribution in [0.5, 0.6) is 0 Å². The molecule has 3 fully saturated rings. The van der Waals surface area contributed by atoms with Crippen LogP contribution in [0.3, 0.4) is 0 Å². The molecule has 0 bridgehead atoms. The van der Waals surface area contributed by atoms with Crippen molar-refractivity contribution in [3.63, 3.8) is 0 Å². The topological polar surface area (TPSA) is 85.8 Å². The molecule has 29 heavy (non-hydrogen) atoms. The summed E-state index contributed by atoms with van der Waals surface area (Å²) in [7, 11) is 0. The Balaban J connectivity index is 0.00000300. The highest BCUT2D eigenvalue weighted by molar-refractivity contribution is 14.0. The number of guanidine groups is 1. The van der Waals surface area contributed by atoms with Gasteiger partial charge in [0.1, 0.15) is 6.54 Å². The number of likely N-dealkylation sites (tertiary alicyclic amines) is 1. The van der Waals surface area contributed by atoms with Crippen LogP contribution < -0.4 is 16.0 Å². The molecule has 2 aliphatic carbocycles. The molecule has 3 rings (SSSR count). The van der Waals surface area contributed by atoms with Crippen LogP contribution in [0.1, 0.15) is 71.1 Å². The fourth-order valence-electron chi connectivity index (χ4n) is 4.69. The molecule has 8 heteroatoms. The number of rotatable bonds is 6. The van der Waals surface area contributed by atoms with E-state index in [0.717, 1.165) is 51.7 Å². The highest BCUT2D eigenvalue weighted by Gasteiger charge is 2.32. The number of nitrogens with one attached hydrogen (secondary N) is 3. The van der Waals surface area contributed by atoms with Gasteiger partial charge in [0.15, 0.2) is 5.96 Å². The lowest BCUT2D eigenvalue weighted by atomic mass is 9.95. The van der Waals surface area contributed by atoms with Crippen molar-refractivity contribution in [3.05, 3.63) is 0 Å². The van der Waals surface area contributed by atoms with Crippen molar-refractivity contribution in [2.45, 2.75) is 83.2 Å². The second kappa shape index (κ2) is 12.6. The maximum absolute atomic E-state index is 12.6. The van der Waals surface area contributed by atoms with Crippen molar-refractivity contribution in [1.29, 1.82) is 0 Å². The van der Waals surface area contributed by atoms with Crippen molar-refractivity contribution in [3.8, 4) is 0 Å². The smallest absolute Gasteiger partial charge is 0.242 e.